The smallest absolute Gasteiger partial charge is 0.291 e. The summed E-state index contributed by atoms with van der Waals surface area (Å²) >= 11 is 0. The second-order valence-corrected chi connectivity index (χ2v) is 10.4. The van der Waals surface area contributed by atoms with E-state index in [0.29, 0.717) is 11.5 Å². The number of piperazine rings is 1. The average Bonchev–Trinajstić information content (AvgIpc) is 3.71. The topological polar surface area (TPSA) is 66.5 Å². The zero-order chi connectivity index (χ0) is 26.9. The maximum Gasteiger partial charge on any atom is 0.291 e. The third-order valence-electron chi connectivity index (χ3n) is 7.76. The first-order chi connectivity index (χ1) is 19.0. The van der Waals surface area contributed by atoms with Crippen molar-refractivity contribution in [2.24, 2.45) is 0 Å². The number of carbonyl (C=O) groups is 1. The van der Waals surface area contributed by atoms with E-state index in [1.165, 1.54) is 18.2 Å². The Bertz CT molecular complexity index is 1470. The summed E-state index contributed by atoms with van der Waals surface area (Å²) in [4.78, 5) is 22.1. The van der Waals surface area contributed by atoms with Crippen molar-refractivity contribution in [1.82, 2.24) is 14.5 Å². The van der Waals surface area contributed by atoms with Crippen LogP contribution in [0.2, 0.25) is 0 Å². The van der Waals surface area contributed by atoms with E-state index in [9.17, 15) is 13.6 Å². The predicted molar refractivity (Wildman–Crippen MR) is 147 cm³/mol. The molecule has 0 spiro atoms. The summed E-state index contributed by atoms with van der Waals surface area (Å²) < 4.78 is 36.7. The van der Waals surface area contributed by atoms with Crippen LogP contribution in [0.4, 0.5) is 20.2 Å². The van der Waals surface area contributed by atoms with Gasteiger partial charge in [0, 0.05) is 43.5 Å². The fourth-order valence-electron chi connectivity index (χ4n) is 5.52. The lowest BCUT2D eigenvalue weighted by atomic mass is 10.1. The predicted octanol–water partition coefficient (Wildman–Crippen LogP) is 6.21. The molecule has 2 fully saturated rings. The Morgan fingerprint density at radius 3 is 2.44 bits per heavy atom. The van der Waals surface area contributed by atoms with Crippen LogP contribution < -0.4 is 10.2 Å². The van der Waals surface area contributed by atoms with Gasteiger partial charge < -0.3 is 24.1 Å². The second-order valence-electron chi connectivity index (χ2n) is 10.4. The fraction of sp³-hybridized carbons (Fsp3) is 0.333. The van der Waals surface area contributed by atoms with Crippen molar-refractivity contribution < 1.29 is 18.0 Å². The molecule has 4 aromatic rings. The lowest BCUT2D eigenvalue weighted by Crippen LogP contribution is -2.44. The van der Waals surface area contributed by atoms with Gasteiger partial charge in [0.1, 0.15) is 17.3 Å². The van der Waals surface area contributed by atoms with Crippen molar-refractivity contribution in [2.45, 2.75) is 31.7 Å². The van der Waals surface area contributed by atoms with Crippen LogP contribution in [0.3, 0.4) is 0 Å². The van der Waals surface area contributed by atoms with E-state index < -0.39 is 11.7 Å². The molecule has 9 heteroatoms. The first-order valence-corrected chi connectivity index (χ1v) is 13.4. The van der Waals surface area contributed by atoms with Gasteiger partial charge in [-0.3, -0.25) is 4.79 Å². The van der Waals surface area contributed by atoms with Crippen LogP contribution in [0.1, 0.15) is 42.3 Å². The number of benzene rings is 2. The molecule has 1 saturated heterocycles. The summed E-state index contributed by atoms with van der Waals surface area (Å²) in [5, 5.41) is 2.65. The molecule has 0 bridgehead atoms. The molecular weight excluding hydrogens is 500 g/mol. The van der Waals surface area contributed by atoms with Crippen LogP contribution in [0, 0.1) is 11.6 Å². The molecule has 0 unspecified atom stereocenters. The van der Waals surface area contributed by atoms with E-state index in [2.05, 4.69) is 31.7 Å². The Kier molecular flexibility index (Phi) is 6.91. The van der Waals surface area contributed by atoms with Crippen LogP contribution >= 0.6 is 0 Å². The molecule has 0 radical (unpaired) electrons. The van der Waals surface area contributed by atoms with Crippen molar-refractivity contribution in [3.63, 3.8) is 0 Å². The molecule has 202 valence electrons. The van der Waals surface area contributed by atoms with Crippen molar-refractivity contribution in [3.8, 4) is 22.7 Å². The Labute approximate surface area is 226 Å². The van der Waals surface area contributed by atoms with Gasteiger partial charge in [0.15, 0.2) is 11.5 Å². The normalized spacial score (nSPS) is 16.6. The third-order valence-corrected chi connectivity index (χ3v) is 7.76. The van der Waals surface area contributed by atoms with E-state index in [-0.39, 0.29) is 23.3 Å². The fourth-order valence-corrected chi connectivity index (χ4v) is 5.52. The van der Waals surface area contributed by atoms with Gasteiger partial charge in [0.05, 0.1) is 17.7 Å². The zero-order valence-corrected chi connectivity index (χ0v) is 21.9. The number of aromatic nitrogens is 2. The highest BCUT2D eigenvalue weighted by Crippen LogP contribution is 2.39. The molecule has 2 aromatic carbocycles. The van der Waals surface area contributed by atoms with Gasteiger partial charge in [-0.05, 0) is 74.5 Å². The number of rotatable bonds is 6. The van der Waals surface area contributed by atoms with Crippen molar-refractivity contribution in [3.05, 3.63) is 78.3 Å². The Balaban J connectivity index is 1.25. The molecule has 0 atom stereocenters. The molecular formula is C30H31F2N5O2. The number of furan rings is 1. The molecule has 2 aromatic heterocycles. The Hall–Kier alpha value is -3.98. The van der Waals surface area contributed by atoms with E-state index in [4.69, 9.17) is 4.42 Å². The summed E-state index contributed by atoms with van der Waals surface area (Å²) in [5.41, 5.74) is 3.06. The standard InChI is InChI=1S/C30H31F2N5O2/c1-35-14-16-36(17-15-35)23-10-11-25(24(32)18-23)34-30(38)27-13-12-26(39-27)29-28(20-6-8-21(31)9-7-20)33-19-37(29)22-4-2-3-5-22/h6-13,18-19,22H,2-5,14-17H2,1H3,(H,34,38). The van der Waals surface area contributed by atoms with E-state index in [1.807, 2.05) is 6.07 Å². The Morgan fingerprint density at radius 1 is 0.974 bits per heavy atom. The highest BCUT2D eigenvalue weighted by molar-refractivity contribution is 6.02. The quantitative estimate of drug-likeness (QED) is 0.321. The molecule has 2 aliphatic rings. The number of halogens is 2. The molecule has 7 nitrogen and oxygen atoms in total. The average molecular weight is 532 g/mol. The number of nitrogens with zero attached hydrogens (tertiary/aromatic N) is 4. The molecule has 1 amide bonds. The first kappa shape index (κ1) is 25.3. The minimum absolute atomic E-state index is 0.0665. The van der Waals surface area contributed by atoms with Crippen molar-refractivity contribution >= 4 is 17.3 Å². The van der Waals surface area contributed by atoms with E-state index >= 15 is 0 Å². The maximum atomic E-state index is 15.0. The van der Waals surface area contributed by atoms with Crippen LogP contribution in [0.15, 0.2) is 65.3 Å². The molecule has 1 saturated carbocycles. The summed E-state index contributed by atoms with van der Waals surface area (Å²) in [6.07, 6.45) is 6.13. The van der Waals surface area contributed by atoms with E-state index in [1.54, 1.807) is 36.7 Å². The third kappa shape index (κ3) is 5.18. The zero-order valence-electron chi connectivity index (χ0n) is 21.9. The van der Waals surface area contributed by atoms with Gasteiger partial charge in [-0.25, -0.2) is 13.8 Å². The number of imidazole rings is 1. The van der Waals surface area contributed by atoms with Gasteiger partial charge in [0.2, 0.25) is 0 Å². The number of anilines is 2. The lowest BCUT2D eigenvalue weighted by Gasteiger charge is -2.34. The van der Waals surface area contributed by atoms with Gasteiger partial charge in [-0.1, -0.05) is 12.8 Å². The maximum absolute atomic E-state index is 15.0. The summed E-state index contributed by atoms with van der Waals surface area (Å²) in [6, 6.07) is 14.6. The number of hydrogen-bond donors (Lipinski definition) is 1. The second kappa shape index (κ2) is 10.6. The SMILES string of the molecule is CN1CCN(c2ccc(NC(=O)c3ccc(-c4c(-c5ccc(F)cc5)ncn4C4CCCC4)o3)c(F)c2)CC1. The minimum atomic E-state index is -0.539. The van der Waals surface area contributed by atoms with Gasteiger partial charge in [-0.15, -0.1) is 0 Å². The number of amides is 1. The first-order valence-electron chi connectivity index (χ1n) is 13.4. The number of nitrogens with one attached hydrogen (secondary N) is 1. The van der Waals surface area contributed by atoms with Gasteiger partial charge in [-0.2, -0.15) is 0 Å². The Morgan fingerprint density at radius 2 is 1.72 bits per heavy atom. The molecule has 3 heterocycles. The molecule has 39 heavy (non-hydrogen) atoms. The van der Waals surface area contributed by atoms with Crippen molar-refractivity contribution in [1.29, 1.82) is 0 Å². The van der Waals surface area contributed by atoms with Crippen LogP contribution in [-0.2, 0) is 0 Å². The van der Waals surface area contributed by atoms with Crippen LogP contribution in [0.5, 0.6) is 0 Å². The summed E-state index contributed by atoms with van der Waals surface area (Å²) in [5.74, 6) is -0.810. The lowest BCUT2D eigenvalue weighted by molar-refractivity contribution is 0.0997. The van der Waals surface area contributed by atoms with Crippen molar-refractivity contribution in [2.75, 3.05) is 43.4 Å². The van der Waals surface area contributed by atoms with E-state index in [0.717, 1.165) is 68.8 Å². The number of carbonyl (C=O) groups excluding carboxylic acids is 1. The van der Waals surface area contributed by atoms with Gasteiger partial charge in [0.25, 0.3) is 5.91 Å². The molecule has 1 N–H and O–H groups in total. The highest BCUT2D eigenvalue weighted by atomic mass is 19.1. The monoisotopic (exact) mass is 531 g/mol. The van der Waals surface area contributed by atoms with Crippen LogP contribution in [-0.4, -0.2) is 53.6 Å². The number of likely N-dealkylation sites (N-methyl/N-ethyl adjacent to an activating group) is 1. The number of hydrogen-bond acceptors (Lipinski definition) is 5. The minimum Gasteiger partial charge on any atom is -0.449 e. The molecule has 1 aliphatic heterocycles. The van der Waals surface area contributed by atoms with Crippen LogP contribution in [0.25, 0.3) is 22.7 Å². The molecule has 6 rings (SSSR count). The molecule has 1 aliphatic carbocycles. The highest BCUT2D eigenvalue weighted by Gasteiger charge is 2.26. The van der Waals surface area contributed by atoms with Gasteiger partial charge >= 0.3 is 0 Å². The summed E-state index contributed by atoms with van der Waals surface area (Å²) in [6.45, 7) is 3.50. The largest absolute Gasteiger partial charge is 0.449 e. The summed E-state index contributed by atoms with van der Waals surface area (Å²) in [7, 11) is 2.07.